The average Bonchev–Trinajstić information content (AvgIpc) is 2.55. The Morgan fingerprint density at radius 1 is 1.25 bits per heavy atom. The van der Waals surface area contributed by atoms with E-state index < -0.39 is 0 Å². The van der Waals surface area contributed by atoms with Gasteiger partial charge in [0.25, 0.3) is 0 Å². The molecule has 16 heavy (non-hydrogen) atoms. The van der Waals surface area contributed by atoms with E-state index in [2.05, 4.69) is 46.3 Å². The second kappa shape index (κ2) is 3.56. The molecule has 0 spiro atoms. The van der Waals surface area contributed by atoms with Crippen LogP contribution in [0.3, 0.4) is 0 Å². The first-order chi connectivity index (χ1) is 7.31. The van der Waals surface area contributed by atoms with Crippen LogP contribution >= 0.6 is 15.9 Å². The highest BCUT2D eigenvalue weighted by Crippen LogP contribution is 2.64. The Kier molecular flexibility index (Phi) is 2.50. The average molecular weight is 345 g/mol. The Labute approximate surface area is 115 Å². The highest BCUT2D eigenvalue weighted by Gasteiger charge is 2.81. The third-order valence-corrected chi connectivity index (χ3v) is 6.06. The van der Waals surface area contributed by atoms with Gasteiger partial charge in [0.15, 0.2) is 6.04 Å². The van der Waals surface area contributed by atoms with Crippen molar-refractivity contribution in [2.45, 2.75) is 29.9 Å². The van der Waals surface area contributed by atoms with Gasteiger partial charge < -0.3 is 21.5 Å². The Morgan fingerprint density at radius 2 is 2.00 bits per heavy atom. The van der Waals surface area contributed by atoms with E-state index in [0.29, 0.717) is 0 Å². The fraction of sp³-hybridized carbons (Fsp3) is 0.538. The second-order valence-electron chi connectivity index (χ2n) is 5.43. The molecule has 0 amide bonds. The molecule has 5 rings (SSSR count). The molecule has 0 N–H and O–H groups in total. The van der Waals surface area contributed by atoms with Gasteiger partial charge in [0.1, 0.15) is 12.6 Å². The number of hydrogen-bond donors (Lipinski definition) is 0. The van der Waals surface area contributed by atoms with Crippen LogP contribution in [0.15, 0.2) is 30.3 Å². The van der Waals surface area contributed by atoms with Gasteiger partial charge in [-0.3, -0.25) is 0 Å². The molecular weight excluding hydrogens is 330 g/mol. The molecule has 3 heteroatoms. The molecule has 4 bridgehead atoms. The number of quaternary nitrogens is 1. The third-order valence-electron chi connectivity index (χ3n) is 4.77. The van der Waals surface area contributed by atoms with Gasteiger partial charge in [0, 0.05) is 17.9 Å². The van der Waals surface area contributed by atoms with E-state index in [1.807, 2.05) is 0 Å². The Bertz CT molecular complexity index is 408. The van der Waals surface area contributed by atoms with Crippen molar-refractivity contribution in [2.75, 3.05) is 6.54 Å². The van der Waals surface area contributed by atoms with Gasteiger partial charge in [-0.1, -0.05) is 46.3 Å². The van der Waals surface area contributed by atoms with Crippen molar-refractivity contribution in [2.24, 2.45) is 5.92 Å². The summed E-state index contributed by atoms with van der Waals surface area (Å²) in [6.07, 6.45) is 1.48. The lowest BCUT2D eigenvalue weighted by Crippen LogP contribution is -3.00. The van der Waals surface area contributed by atoms with E-state index in [1.165, 1.54) is 29.6 Å². The summed E-state index contributed by atoms with van der Waals surface area (Å²) >= 11 is 3.89. The molecule has 3 aliphatic heterocycles. The predicted molar refractivity (Wildman–Crippen MR) is 63.7 cm³/mol. The van der Waals surface area contributed by atoms with Crippen LogP contribution in [0.4, 0.5) is 0 Å². The zero-order valence-corrected chi connectivity index (χ0v) is 12.2. The van der Waals surface area contributed by atoms with Crippen molar-refractivity contribution in [1.82, 2.24) is 0 Å². The summed E-state index contributed by atoms with van der Waals surface area (Å²) < 4.78 is 1.41. The molecule has 5 unspecified atom stereocenters. The topological polar surface area (TPSA) is 0 Å². The van der Waals surface area contributed by atoms with E-state index in [9.17, 15) is 0 Å². The normalized spacial score (nSPS) is 46.6. The van der Waals surface area contributed by atoms with Crippen molar-refractivity contribution in [3.05, 3.63) is 35.9 Å². The van der Waals surface area contributed by atoms with E-state index in [0.717, 1.165) is 22.8 Å². The van der Waals surface area contributed by atoms with Crippen LogP contribution in [-0.4, -0.2) is 27.9 Å². The first kappa shape index (κ1) is 11.2. The number of alkyl halides is 1. The minimum atomic E-state index is 0. The van der Waals surface area contributed by atoms with Gasteiger partial charge in [-0.15, -0.1) is 0 Å². The van der Waals surface area contributed by atoms with Gasteiger partial charge in [0.2, 0.25) is 0 Å². The molecule has 5 atom stereocenters. The van der Waals surface area contributed by atoms with Gasteiger partial charge in [-0.05, 0) is 0 Å². The Balaban J connectivity index is 0.000000810. The summed E-state index contributed by atoms with van der Waals surface area (Å²) in [6.45, 7) is 2.70. The molecule has 0 aromatic heterocycles. The van der Waals surface area contributed by atoms with Crippen LogP contribution < -0.4 is 17.0 Å². The fourth-order valence-electron chi connectivity index (χ4n) is 4.18. The maximum Gasteiger partial charge on any atom is 0.155 e. The molecular formula is C13H15Br2N. The molecule has 4 fully saturated rings. The van der Waals surface area contributed by atoms with Gasteiger partial charge in [-0.2, -0.15) is 0 Å². The molecule has 3 heterocycles. The van der Waals surface area contributed by atoms with Crippen LogP contribution in [0.5, 0.6) is 0 Å². The molecule has 1 nitrogen and oxygen atoms in total. The van der Waals surface area contributed by atoms with Gasteiger partial charge >= 0.3 is 0 Å². The largest absolute Gasteiger partial charge is 1.00 e. The highest BCUT2D eigenvalue weighted by atomic mass is 79.9. The number of rotatable bonds is 2. The maximum absolute atomic E-state index is 3.89. The summed E-state index contributed by atoms with van der Waals surface area (Å²) in [7, 11) is 0. The van der Waals surface area contributed by atoms with E-state index in [1.54, 1.807) is 0 Å². The quantitative estimate of drug-likeness (QED) is 0.387. The lowest BCUT2D eigenvalue weighted by molar-refractivity contribution is -0.823. The third kappa shape index (κ3) is 1.25. The standard InChI is InChI=1S/C13H15BrN.BrH/c14-12-10-6-11-13(12)15(11,8-10)7-9-4-2-1-3-5-9;/h1-5,10-13H,6-8H2;1H/q+1;/p-1. The number of nitrogens with zero attached hydrogens (tertiary/aromatic N) is 1. The summed E-state index contributed by atoms with van der Waals surface area (Å²) in [5, 5.41) is 0. The molecule has 4 aliphatic rings. The lowest BCUT2D eigenvalue weighted by atomic mass is 10.1. The van der Waals surface area contributed by atoms with Crippen molar-refractivity contribution in [1.29, 1.82) is 0 Å². The number of benzene rings is 1. The molecule has 0 radical (unpaired) electrons. The molecule has 1 aliphatic carbocycles. The predicted octanol–water partition coefficient (Wildman–Crippen LogP) is -0.445. The Hall–Kier alpha value is 0.140. The minimum absolute atomic E-state index is 0. The number of hydrogen-bond acceptors (Lipinski definition) is 0. The fourth-order valence-corrected chi connectivity index (χ4v) is 5.39. The van der Waals surface area contributed by atoms with Crippen LogP contribution in [-0.2, 0) is 6.54 Å². The minimum Gasteiger partial charge on any atom is -1.00 e. The molecule has 1 saturated carbocycles. The van der Waals surface area contributed by atoms with Crippen molar-refractivity contribution < 1.29 is 21.5 Å². The van der Waals surface area contributed by atoms with Crippen molar-refractivity contribution in [3.8, 4) is 0 Å². The molecule has 3 saturated heterocycles. The summed E-state index contributed by atoms with van der Waals surface area (Å²) in [5.41, 5.74) is 1.52. The molecule has 1 aromatic rings. The second-order valence-corrected chi connectivity index (χ2v) is 6.48. The zero-order valence-electron chi connectivity index (χ0n) is 9.02. The monoisotopic (exact) mass is 343 g/mol. The van der Waals surface area contributed by atoms with E-state index in [4.69, 9.17) is 0 Å². The summed E-state index contributed by atoms with van der Waals surface area (Å²) in [6, 6.07) is 13.0. The van der Waals surface area contributed by atoms with Crippen molar-refractivity contribution in [3.63, 3.8) is 0 Å². The first-order valence-corrected chi connectivity index (χ1v) is 6.77. The van der Waals surface area contributed by atoms with Crippen LogP contribution in [0.25, 0.3) is 0 Å². The Morgan fingerprint density at radius 3 is 2.50 bits per heavy atom. The summed E-state index contributed by atoms with van der Waals surface area (Å²) in [4.78, 5) is 0.825. The SMILES string of the molecule is BrC1C2CC3C1[N+]3(Cc1ccccc1)C2.[Br-]. The zero-order chi connectivity index (χ0) is 10.0. The van der Waals surface area contributed by atoms with Gasteiger partial charge in [0.05, 0.1) is 11.4 Å². The number of halogens is 2. The maximum atomic E-state index is 3.89. The smallest absolute Gasteiger partial charge is 0.155 e. The van der Waals surface area contributed by atoms with E-state index >= 15 is 0 Å². The highest BCUT2D eigenvalue weighted by molar-refractivity contribution is 9.09. The lowest BCUT2D eigenvalue weighted by Gasteiger charge is -2.15. The van der Waals surface area contributed by atoms with Gasteiger partial charge in [-0.25, -0.2) is 0 Å². The number of piperidine rings is 3. The first-order valence-electron chi connectivity index (χ1n) is 5.86. The van der Waals surface area contributed by atoms with E-state index in [-0.39, 0.29) is 17.0 Å². The van der Waals surface area contributed by atoms with Crippen LogP contribution in [0.2, 0.25) is 0 Å². The van der Waals surface area contributed by atoms with Crippen LogP contribution in [0, 0.1) is 5.92 Å². The molecule has 86 valence electrons. The van der Waals surface area contributed by atoms with Crippen molar-refractivity contribution >= 4 is 15.9 Å². The molecule has 1 aromatic carbocycles. The summed E-state index contributed by atoms with van der Waals surface area (Å²) in [5.74, 6) is 0.976. The van der Waals surface area contributed by atoms with Crippen LogP contribution in [0.1, 0.15) is 12.0 Å².